The molecule has 1 unspecified atom stereocenters. The van der Waals surface area contributed by atoms with E-state index in [1.165, 1.54) is 0 Å². The average Bonchev–Trinajstić information content (AvgIpc) is 2.38. The molecule has 2 aromatic rings. The van der Waals surface area contributed by atoms with Crippen molar-refractivity contribution in [3.8, 4) is 0 Å². The number of hydrogen-bond donors (Lipinski definition) is 3. The van der Waals surface area contributed by atoms with E-state index in [1.54, 1.807) is 7.05 Å². The molecule has 0 bridgehead atoms. The first-order valence-electron chi connectivity index (χ1n) is 5.91. The van der Waals surface area contributed by atoms with Crippen LogP contribution in [0.3, 0.4) is 0 Å². The Kier molecular flexibility index (Phi) is 3.92. The van der Waals surface area contributed by atoms with Gasteiger partial charge >= 0.3 is 0 Å². The molecule has 0 heterocycles. The minimum atomic E-state index is -0.301. The summed E-state index contributed by atoms with van der Waals surface area (Å²) in [6.07, 6.45) is 0.259. The number of benzene rings is 2. The van der Waals surface area contributed by atoms with Crippen LogP contribution >= 0.6 is 0 Å². The van der Waals surface area contributed by atoms with Crippen LogP contribution in [0.5, 0.6) is 0 Å². The Morgan fingerprint density at radius 2 is 1.94 bits per heavy atom. The molecule has 0 saturated heterocycles. The van der Waals surface area contributed by atoms with Crippen LogP contribution in [-0.2, 0) is 4.79 Å². The Morgan fingerprint density at radius 3 is 2.72 bits per heavy atom. The number of nitrogens with two attached hydrogens (primary N) is 1. The zero-order valence-electron chi connectivity index (χ0n) is 10.3. The number of rotatable bonds is 4. The highest BCUT2D eigenvalue weighted by Crippen LogP contribution is 2.24. The molecule has 0 spiro atoms. The Bertz CT molecular complexity index is 548. The Labute approximate surface area is 106 Å². The second kappa shape index (κ2) is 5.62. The van der Waals surface area contributed by atoms with Crippen LogP contribution in [0, 0.1) is 0 Å². The summed E-state index contributed by atoms with van der Waals surface area (Å²) in [7, 11) is 1.65. The van der Waals surface area contributed by atoms with E-state index < -0.39 is 0 Å². The number of carbonyl (C=O) groups is 1. The Hall–Kier alpha value is -1.91. The quantitative estimate of drug-likeness (QED) is 0.712. The fourth-order valence-corrected chi connectivity index (χ4v) is 2.07. The fraction of sp³-hybridized carbons (Fsp3) is 0.214. The zero-order chi connectivity index (χ0) is 13.0. The average molecular weight is 243 g/mol. The van der Waals surface area contributed by atoms with Crippen molar-refractivity contribution in [2.45, 2.75) is 12.5 Å². The highest BCUT2D eigenvalue weighted by atomic mass is 16.2. The van der Waals surface area contributed by atoms with Crippen molar-refractivity contribution in [3.05, 3.63) is 48.0 Å². The van der Waals surface area contributed by atoms with Crippen molar-refractivity contribution in [1.29, 1.82) is 0 Å². The molecule has 0 saturated carbocycles. The summed E-state index contributed by atoms with van der Waals surface area (Å²) in [5.74, 6) is -0.113. The van der Waals surface area contributed by atoms with Gasteiger partial charge in [0.2, 0.25) is 5.91 Å². The molecule has 1 atom stereocenters. The lowest BCUT2D eigenvalue weighted by Crippen LogP contribution is -2.36. The third kappa shape index (κ3) is 2.67. The van der Waals surface area contributed by atoms with E-state index in [1.807, 2.05) is 42.5 Å². The van der Waals surface area contributed by atoms with Gasteiger partial charge in [0, 0.05) is 19.5 Å². The topological polar surface area (TPSA) is 67.1 Å². The molecule has 0 aliphatic heterocycles. The van der Waals surface area contributed by atoms with Gasteiger partial charge in [-0.05, 0) is 16.3 Å². The molecule has 4 heteroatoms. The normalized spacial score (nSPS) is 12.3. The van der Waals surface area contributed by atoms with Crippen molar-refractivity contribution in [2.75, 3.05) is 7.05 Å². The SMILES string of the molecule is CNNC(=O)CC(N)c1cccc2ccccc12. The number of fused-ring (bicyclic) bond motifs is 1. The Balaban J connectivity index is 2.27. The van der Waals surface area contributed by atoms with E-state index in [0.717, 1.165) is 16.3 Å². The lowest BCUT2D eigenvalue weighted by Gasteiger charge is -2.14. The highest BCUT2D eigenvalue weighted by Gasteiger charge is 2.13. The van der Waals surface area contributed by atoms with Gasteiger partial charge in [-0.25, -0.2) is 5.43 Å². The van der Waals surface area contributed by atoms with E-state index in [-0.39, 0.29) is 18.4 Å². The van der Waals surface area contributed by atoms with Crippen molar-refractivity contribution < 1.29 is 4.79 Å². The lowest BCUT2D eigenvalue weighted by molar-refractivity contribution is -0.122. The molecule has 0 radical (unpaired) electrons. The van der Waals surface area contributed by atoms with Gasteiger partial charge in [0.15, 0.2) is 0 Å². The second-order valence-corrected chi connectivity index (χ2v) is 4.18. The lowest BCUT2D eigenvalue weighted by atomic mass is 9.97. The second-order valence-electron chi connectivity index (χ2n) is 4.18. The molecule has 94 valence electrons. The summed E-state index contributed by atoms with van der Waals surface area (Å²) in [6, 6.07) is 13.7. The minimum absolute atomic E-state index is 0.113. The summed E-state index contributed by atoms with van der Waals surface area (Å²) in [6.45, 7) is 0. The summed E-state index contributed by atoms with van der Waals surface area (Å²) < 4.78 is 0. The maximum atomic E-state index is 11.5. The molecule has 18 heavy (non-hydrogen) atoms. The van der Waals surface area contributed by atoms with Crippen LogP contribution in [0.4, 0.5) is 0 Å². The number of amides is 1. The number of hydrogen-bond acceptors (Lipinski definition) is 3. The molecule has 0 aliphatic rings. The van der Waals surface area contributed by atoms with Crippen LogP contribution < -0.4 is 16.6 Å². The van der Waals surface area contributed by atoms with Crippen LogP contribution in [0.25, 0.3) is 10.8 Å². The number of hydrazine groups is 1. The predicted molar refractivity (Wildman–Crippen MR) is 72.7 cm³/mol. The molecular weight excluding hydrogens is 226 g/mol. The van der Waals surface area contributed by atoms with Gasteiger partial charge in [-0.1, -0.05) is 42.5 Å². The summed E-state index contributed by atoms with van der Waals surface area (Å²) in [5, 5.41) is 2.24. The molecule has 1 amide bonds. The van der Waals surface area contributed by atoms with Gasteiger partial charge in [-0.15, -0.1) is 0 Å². The maximum absolute atomic E-state index is 11.5. The highest BCUT2D eigenvalue weighted by molar-refractivity contribution is 5.87. The molecule has 0 aliphatic carbocycles. The minimum Gasteiger partial charge on any atom is -0.324 e. The first-order valence-corrected chi connectivity index (χ1v) is 5.91. The first-order chi connectivity index (χ1) is 8.72. The van der Waals surface area contributed by atoms with Crippen molar-refractivity contribution >= 4 is 16.7 Å². The summed E-state index contributed by atoms with van der Waals surface area (Å²) in [4.78, 5) is 11.5. The number of nitrogens with one attached hydrogen (secondary N) is 2. The van der Waals surface area contributed by atoms with Gasteiger partial charge in [-0.2, -0.15) is 0 Å². The van der Waals surface area contributed by atoms with Crippen LogP contribution in [-0.4, -0.2) is 13.0 Å². The maximum Gasteiger partial charge on any atom is 0.235 e. The third-order valence-corrected chi connectivity index (χ3v) is 2.89. The zero-order valence-corrected chi connectivity index (χ0v) is 10.3. The molecule has 2 aromatic carbocycles. The van der Waals surface area contributed by atoms with Gasteiger partial charge in [0.25, 0.3) is 0 Å². The van der Waals surface area contributed by atoms with Crippen LogP contribution in [0.2, 0.25) is 0 Å². The molecular formula is C14H17N3O. The predicted octanol–water partition coefficient (Wildman–Crippen LogP) is 1.48. The van der Waals surface area contributed by atoms with Crippen LogP contribution in [0.1, 0.15) is 18.0 Å². The first kappa shape index (κ1) is 12.5. The molecule has 4 nitrogen and oxygen atoms in total. The molecule has 2 rings (SSSR count). The fourth-order valence-electron chi connectivity index (χ4n) is 2.07. The van der Waals surface area contributed by atoms with E-state index in [4.69, 9.17) is 5.73 Å². The monoisotopic (exact) mass is 243 g/mol. The Morgan fingerprint density at radius 1 is 1.22 bits per heavy atom. The van der Waals surface area contributed by atoms with Gasteiger partial charge in [0.1, 0.15) is 0 Å². The van der Waals surface area contributed by atoms with Gasteiger partial charge in [0.05, 0.1) is 0 Å². The van der Waals surface area contributed by atoms with Crippen LogP contribution in [0.15, 0.2) is 42.5 Å². The summed E-state index contributed by atoms with van der Waals surface area (Å²) >= 11 is 0. The molecule has 0 aromatic heterocycles. The number of carbonyl (C=O) groups excluding carboxylic acids is 1. The molecule has 0 fully saturated rings. The van der Waals surface area contributed by atoms with E-state index >= 15 is 0 Å². The summed E-state index contributed by atoms with van der Waals surface area (Å²) in [5.41, 5.74) is 12.2. The van der Waals surface area contributed by atoms with Crippen molar-refractivity contribution in [1.82, 2.24) is 10.9 Å². The third-order valence-electron chi connectivity index (χ3n) is 2.89. The van der Waals surface area contributed by atoms with Gasteiger partial charge in [-0.3, -0.25) is 10.2 Å². The van der Waals surface area contributed by atoms with E-state index in [2.05, 4.69) is 10.9 Å². The standard InChI is InChI=1S/C14H17N3O/c1-16-17-14(18)9-13(15)12-8-4-6-10-5-2-3-7-11(10)12/h2-8,13,16H,9,15H2,1H3,(H,17,18). The van der Waals surface area contributed by atoms with Crippen molar-refractivity contribution in [3.63, 3.8) is 0 Å². The smallest absolute Gasteiger partial charge is 0.235 e. The van der Waals surface area contributed by atoms with E-state index in [0.29, 0.717) is 0 Å². The van der Waals surface area contributed by atoms with Crippen molar-refractivity contribution in [2.24, 2.45) is 5.73 Å². The van der Waals surface area contributed by atoms with E-state index in [9.17, 15) is 4.79 Å². The molecule has 4 N–H and O–H groups in total. The largest absolute Gasteiger partial charge is 0.324 e. The van der Waals surface area contributed by atoms with Gasteiger partial charge < -0.3 is 5.73 Å².